The first-order valence-corrected chi connectivity index (χ1v) is 6.04. The summed E-state index contributed by atoms with van der Waals surface area (Å²) in [6.45, 7) is 11.7. The quantitative estimate of drug-likeness (QED) is 0.498. The normalized spacial score (nSPS) is 11.9. The van der Waals surface area contributed by atoms with Gasteiger partial charge in [-0.15, -0.1) is 0 Å². The van der Waals surface area contributed by atoms with Crippen molar-refractivity contribution < 1.29 is 14.3 Å². The average Bonchev–Trinajstić information content (AvgIpc) is 2.10. The van der Waals surface area contributed by atoms with Gasteiger partial charge in [-0.3, -0.25) is 0 Å². The highest BCUT2D eigenvalue weighted by Gasteiger charge is 2.11. The fourth-order valence-electron chi connectivity index (χ4n) is 1.16. The van der Waals surface area contributed by atoms with Crippen LogP contribution in [0.1, 0.15) is 47.5 Å². The summed E-state index contributed by atoms with van der Waals surface area (Å²) >= 11 is 0. The monoisotopic (exact) mass is 230 g/mol. The lowest BCUT2D eigenvalue weighted by molar-refractivity contribution is -0.150. The standard InChI is InChI=1S/C13H26O3/c1-11(2)7-6-8-16-12(14)9-15-10-13(3,4)5/h11H,6-10H2,1-5H3. The molecule has 0 spiro atoms. The van der Waals surface area contributed by atoms with Crippen LogP contribution in [-0.2, 0) is 14.3 Å². The Labute approximate surface area is 99.5 Å². The van der Waals surface area contributed by atoms with E-state index in [0.29, 0.717) is 19.1 Å². The third-order valence-electron chi connectivity index (χ3n) is 1.94. The van der Waals surface area contributed by atoms with E-state index in [1.807, 2.05) is 0 Å². The first-order chi connectivity index (χ1) is 7.31. The zero-order valence-corrected chi connectivity index (χ0v) is 11.3. The van der Waals surface area contributed by atoms with Crippen LogP contribution in [0.3, 0.4) is 0 Å². The third kappa shape index (κ3) is 11.5. The van der Waals surface area contributed by atoms with Gasteiger partial charge in [-0.25, -0.2) is 4.79 Å². The van der Waals surface area contributed by atoms with Crippen LogP contribution in [-0.4, -0.2) is 25.8 Å². The van der Waals surface area contributed by atoms with Gasteiger partial charge in [0.25, 0.3) is 0 Å². The van der Waals surface area contributed by atoms with Crippen molar-refractivity contribution in [2.75, 3.05) is 19.8 Å². The summed E-state index contributed by atoms with van der Waals surface area (Å²) in [5.74, 6) is 0.406. The second-order valence-corrected chi connectivity index (χ2v) is 5.81. The van der Waals surface area contributed by atoms with E-state index < -0.39 is 0 Å². The zero-order valence-electron chi connectivity index (χ0n) is 11.3. The Hall–Kier alpha value is -0.570. The number of carbonyl (C=O) groups excluding carboxylic acids is 1. The Morgan fingerprint density at radius 1 is 1.25 bits per heavy atom. The topological polar surface area (TPSA) is 35.5 Å². The molecule has 0 saturated heterocycles. The Morgan fingerprint density at radius 2 is 1.88 bits per heavy atom. The highest BCUT2D eigenvalue weighted by atomic mass is 16.6. The van der Waals surface area contributed by atoms with Gasteiger partial charge in [0, 0.05) is 0 Å². The van der Waals surface area contributed by atoms with Gasteiger partial charge in [0.2, 0.25) is 0 Å². The van der Waals surface area contributed by atoms with Crippen LogP contribution < -0.4 is 0 Å². The summed E-state index contributed by atoms with van der Waals surface area (Å²) in [6, 6.07) is 0. The van der Waals surface area contributed by atoms with Crippen molar-refractivity contribution in [1.29, 1.82) is 0 Å². The molecule has 0 saturated carbocycles. The third-order valence-corrected chi connectivity index (χ3v) is 1.94. The number of esters is 1. The SMILES string of the molecule is CC(C)CCCOC(=O)COCC(C)(C)C. The molecule has 0 N–H and O–H groups in total. The van der Waals surface area contributed by atoms with Crippen molar-refractivity contribution in [3.63, 3.8) is 0 Å². The minimum atomic E-state index is -0.256. The van der Waals surface area contributed by atoms with E-state index in [2.05, 4.69) is 34.6 Å². The van der Waals surface area contributed by atoms with E-state index in [9.17, 15) is 4.79 Å². The Kier molecular flexibility index (Phi) is 7.39. The van der Waals surface area contributed by atoms with Gasteiger partial charge in [0.1, 0.15) is 6.61 Å². The van der Waals surface area contributed by atoms with E-state index in [4.69, 9.17) is 9.47 Å². The summed E-state index contributed by atoms with van der Waals surface area (Å²) in [5, 5.41) is 0. The molecule has 0 atom stereocenters. The minimum Gasteiger partial charge on any atom is -0.464 e. The lowest BCUT2D eigenvalue weighted by Crippen LogP contribution is -2.20. The first kappa shape index (κ1) is 15.4. The van der Waals surface area contributed by atoms with E-state index in [1.54, 1.807) is 0 Å². The van der Waals surface area contributed by atoms with E-state index in [-0.39, 0.29) is 18.0 Å². The molecule has 0 aromatic rings. The van der Waals surface area contributed by atoms with Crippen molar-refractivity contribution in [2.24, 2.45) is 11.3 Å². The van der Waals surface area contributed by atoms with Crippen LogP contribution in [0.2, 0.25) is 0 Å². The second-order valence-electron chi connectivity index (χ2n) is 5.81. The van der Waals surface area contributed by atoms with Gasteiger partial charge in [0.05, 0.1) is 13.2 Å². The molecular weight excluding hydrogens is 204 g/mol. The predicted molar refractivity (Wildman–Crippen MR) is 65.3 cm³/mol. The number of carbonyl (C=O) groups is 1. The fraction of sp³-hybridized carbons (Fsp3) is 0.923. The van der Waals surface area contributed by atoms with Gasteiger partial charge in [0.15, 0.2) is 0 Å². The van der Waals surface area contributed by atoms with Crippen LogP contribution >= 0.6 is 0 Å². The van der Waals surface area contributed by atoms with Gasteiger partial charge >= 0.3 is 5.97 Å². The molecule has 0 rings (SSSR count). The fourth-order valence-corrected chi connectivity index (χ4v) is 1.16. The van der Waals surface area contributed by atoms with Crippen molar-refractivity contribution >= 4 is 5.97 Å². The molecule has 0 unspecified atom stereocenters. The molecule has 0 aliphatic heterocycles. The lowest BCUT2D eigenvalue weighted by atomic mass is 9.99. The van der Waals surface area contributed by atoms with Gasteiger partial charge in [-0.05, 0) is 24.2 Å². The molecule has 0 heterocycles. The van der Waals surface area contributed by atoms with Crippen molar-refractivity contribution in [3.05, 3.63) is 0 Å². The predicted octanol–water partition coefficient (Wildman–Crippen LogP) is 3.03. The number of rotatable bonds is 7. The van der Waals surface area contributed by atoms with Crippen LogP contribution in [0, 0.1) is 11.3 Å². The van der Waals surface area contributed by atoms with Crippen LogP contribution in [0.15, 0.2) is 0 Å². The lowest BCUT2D eigenvalue weighted by Gasteiger charge is -2.17. The van der Waals surface area contributed by atoms with Gasteiger partial charge in [-0.2, -0.15) is 0 Å². The molecule has 0 bridgehead atoms. The molecule has 96 valence electrons. The minimum absolute atomic E-state index is 0.0684. The first-order valence-electron chi connectivity index (χ1n) is 6.04. The van der Waals surface area contributed by atoms with E-state index >= 15 is 0 Å². The molecule has 0 aromatic carbocycles. The van der Waals surface area contributed by atoms with Crippen LogP contribution in [0.4, 0.5) is 0 Å². The Morgan fingerprint density at radius 3 is 2.38 bits per heavy atom. The number of hydrogen-bond acceptors (Lipinski definition) is 3. The molecule has 0 radical (unpaired) electrons. The molecule has 0 aliphatic carbocycles. The molecule has 0 fully saturated rings. The maximum Gasteiger partial charge on any atom is 0.332 e. The Bertz CT molecular complexity index is 192. The van der Waals surface area contributed by atoms with E-state index in [0.717, 1.165) is 12.8 Å². The molecule has 0 amide bonds. The summed E-state index contributed by atoms with van der Waals surface area (Å²) in [5.41, 5.74) is 0.0952. The molecule has 16 heavy (non-hydrogen) atoms. The Balaban J connectivity index is 3.39. The molecule has 3 nitrogen and oxygen atoms in total. The highest BCUT2D eigenvalue weighted by Crippen LogP contribution is 2.12. The average molecular weight is 230 g/mol. The molecule has 0 aliphatic rings. The second kappa shape index (κ2) is 7.66. The van der Waals surface area contributed by atoms with Crippen molar-refractivity contribution in [2.45, 2.75) is 47.5 Å². The maximum absolute atomic E-state index is 11.2. The smallest absolute Gasteiger partial charge is 0.332 e. The largest absolute Gasteiger partial charge is 0.464 e. The van der Waals surface area contributed by atoms with E-state index in [1.165, 1.54) is 0 Å². The summed E-state index contributed by atoms with van der Waals surface area (Å²) in [4.78, 5) is 11.2. The maximum atomic E-state index is 11.2. The van der Waals surface area contributed by atoms with Gasteiger partial charge in [-0.1, -0.05) is 34.6 Å². The zero-order chi connectivity index (χ0) is 12.6. The molecule has 3 heteroatoms. The van der Waals surface area contributed by atoms with Crippen molar-refractivity contribution in [1.82, 2.24) is 0 Å². The van der Waals surface area contributed by atoms with Crippen LogP contribution in [0.5, 0.6) is 0 Å². The summed E-state index contributed by atoms with van der Waals surface area (Å²) in [6.07, 6.45) is 2.03. The van der Waals surface area contributed by atoms with Crippen molar-refractivity contribution in [3.8, 4) is 0 Å². The molecular formula is C13H26O3. The summed E-state index contributed by atoms with van der Waals surface area (Å²) < 4.78 is 10.3. The summed E-state index contributed by atoms with van der Waals surface area (Å²) in [7, 11) is 0. The highest BCUT2D eigenvalue weighted by molar-refractivity contribution is 5.70. The number of hydrogen-bond donors (Lipinski definition) is 0. The van der Waals surface area contributed by atoms with Gasteiger partial charge < -0.3 is 9.47 Å². The number of ether oxygens (including phenoxy) is 2. The molecule has 0 aromatic heterocycles. The van der Waals surface area contributed by atoms with Crippen LogP contribution in [0.25, 0.3) is 0 Å².